The second-order valence-electron chi connectivity index (χ2n) is 6.66. The Hall–Kier alpha value is -3.56. The number of fused-ring (bicyclic) bond motifs is 3. The Morgan fingerprint density at radius 2 is 1.73 bits per heavy atom. The molecule has 0 saturated carbocycles. The third kappa shape index (κ3) is 3.56. The van der Waals surface area contributed by atoms with E-state index < -0.39 is 47.1 Å². The summed E-state index contributed by atoms with van der Waals surface area (Å²) in [7, 11) is 0. The zero-order valence-corrected chi connectivity index (χ0v) is 15.3. The van der Waals surface area contributed by atoms with Gasteiger partial charge in [-0.25, -0.2) is 22.4 Å². The van der Waals surface area contributed by atoms with Crippen LogP contribution >= 0.6 is 0 Å². The smallest absolute Gasteiger partial charge is 0.339 e. The number of anilines is 1. The van der Waals surface area contributed by atoms with E-state index in [1.807, 2.05) is 5.43 Å². The standard InChI is InChI=1S/C20H14F4N2O4/c21-13-7-14(22)18(24)19(17(13)23)26-25-16(27)8-29-9-4-5-11-10-2-1-3-12(10)20(28)30-15(11)6-9/h4-7,26H,1-3,8H2,(H,25,27). The van der Waals surface area contributed by atoms with Gasteiger partial charge in [-0.05, 0) is 37.0 Å². The van der Waals surface area contributed by atoms with Crippen LogP contribution < -0.4 is 21.2 Å². The molecule has 0 spiro atoms. The minimum absolute atomic E-state index is 0.0499. The first-order chi connectivity index (χ1) is 14.3. The van der Waals surface area contributed by atoms with Crippen LogP contribution in [0.2, 0.25) is 0 Å². The molecule has 6 nitrogen and oxygen atoms in total. The number of carbonyl (C=O) groups is 1. The lowest BCUT2D eigenvalue weighted by Crippen LogP contribution is -2.34. The van der Waals surface area contributed by atoms with Gasteiger partial charge in [0.2, 0.25) is 0 Å². The second-order valence-corrected chi connectivity index (χ2v) is 6.66. The number of carbonyl (C=O) groups excluding carboxylic acids is 1. The van der Waals surface area contributed by atoms with Gasteiger partial charge >= 0.3 is 5.63 Å². The third-order valence-electron chi connectivity index (χ3n) is 4.75. The maximum atomic E-state index is 13.6. The van der Waals surface area contributed by atoms with Crippen LogP contribution in [0.5, 0.6) is 5.75 Å². The highest BCUT2D eigenvalue weighted by atomic mass is 19.2. The average molecular weight is 422 g/mol. The molecule has 1 aliphatic rings. The van der Waals surface area contributed by atoms with Gasteiger partial charge in [-0.3, -0.25) is 15.6 Å². The molecule has 1 aromatic heterocycles. The van der Waals surface area contributed by atoms with Crippen molar-refractivity contribution in [3.63, 3.8) is 0 Å². The van der Waals surface area contributed by atoms with Crippen LogP contribution in [0.15, 0.2) is 33.5 Å². The summed E-state index contributed by atoms with van der Waals surface area (Å²) in [4.78, 5) is 23.9. The number of hydrazine groups is 1. The molecule has 1 amide bonds. The molecule has 1 heterocycles. The molecule has 0 radical (unpaired) electrons. The average Bonchev–Trinajstić information content (AvgIpc) is 3.21. The summed E-state index contributed by atoms with van der Waals surface area (Å²) < 4.78 is 64.0. The number of rotatable bonds is 5. The van der Waals surface area contributed by atoms with E-state index in [1.54, 1.807) is 17.6 Å². The lowest BCUT2D eigenvalue weighted by Gasteiger charge is -2.12. The molecule has 10 heteroatoms. The summed E-state index contributed by atoms with van der Waals surface area (Å²) in [6, 6.07) is 4.81. The van der Waals surface area contributed by atoms with Crippen LogP contribution in [-0.2, 0) is 17.6 Å². The highest BCUT2D eigenvalue weighted by molar-refractivity contribution is 5.83. The van der Waals surface area contributed by atoms with Gasteiger partial charge in [-0.15, -0.1) is 0 Å². The predicted octanol–water partition coefficient (Wildman–Crippen LogP) is 3.36. The quantitative estimate of drug-likeness (QED) is 0.285. The number of benzene rings is 2. The van der Waals surface area contributed by atoms with Crippen molar-refractivity contribution < 1.29 is 31.5 Å². The topological polar surface area (TPSA) is 80.6 Å². The molecule has 2 aromatic carbocycles. The van der Waals surface area contributed by atoms with Crippen LogP contribution in [0.25, 0.3) is 11.0 Å². The van der Waals surface area contributed by atoms with Crippen molar-refractivity contribution in [2.75, 3.05) is 12.0 Å². The van der Waals surface area contributed by atoms with Crippen molar-refractivity contribution in [1.29, 1.82) is 0 Å². The monoisotopic (exact) mass is 422 g/mol. The fourth-order valence-electron chi connectivity index (χ4n) is 3.35. The Morgan fingerprint density at radius 1 is 1.03 bits per heavy atom. The van der Waals surface area contributed by atoms with Gasteiger partial charge < -0.3 is 9.15 Å². The normalized spacial score (nSPS) is 12.7. The Labute approximate surface area is 166 Å². The first-order valence-electron chi connectivity index (χ1n) is 8.94. The molecule has 156 valence electrons. The van der Waals surface area contributed by atoms with Gasteiger partial charge in [0.05, 0.1) is 0 Å². The third-order valence-corrected chi connectivity index (χ3v) is 4.75. The van der Waals surface area contributed by atoms with Crippen molar-refractivity contribution in [2.45, 2.75) is 19.3 Å². The highest BCUT2D eigenvalue weighted by Crippen LogP contribution is 2.29. The van der Waals surface area contributed by atoms with Crippen LogP contribution in [0, 0.1) is 23.3 Å². The van der Waals surface area contributed by atoms with Crippen molar-refractivity contribution in [3.8, 4) is 5.75 Å². The first kappa shape index (κ1) is 19.7. The van der Waals surface area contributed by atoms with Crippen molar-refractivity contribution in [2.24, 2.45) is 0 Å². The number of halogens is 4. The summed E-state index contributed by atoms with van der Waals surface area (Å²) in [6.07, 6.45) is 2.33. The van der Waals surface area contributed by atoms with Crippen LogP contribution in [0.4, 0.5) is 23.2 Å². The molecule has 1 aliphatic carbocycles. The maximum Gasteiger partial charge on any atom is 0.339 e. The van der Waals surface area contributed by atoms with Gasteiger partial charge in [-0.1, -0.05) is 0 Å². The molecule has 0 fully saturated rings. The van der Waals surface area contributed by atoms with E-state index in [-0.39, 0.29) is 11.8 Å². The van der Waals surface area contributed by atoms with Crippen LogP contribution in [-0.4, -0.2) is 12.5 Å². The second kappa shape index (κ2) is 7.69. The Morgan fingerprint density at radius 3 is 2.47 bits per heavy atom. The first-order valence-corrected chi connectivity index (χ1v) is 8.94. The fourth-order valence-corrected chi connectivity index (χ4v) is 3.35. The molecule has 4 rings (SSSR count). The van der Waals surface area contributed by atoms with E-state index in [2.05, 4.69) is 0 Å². The minimum Gasteiger partial charge on any atom is -0.484 e. The van der Waals surface area contributed by atoms with Crippen molar-refractivity contribution >= 4 is 22.6 Å². The van der Waals surface area contributed by atoms with Crippen LogP contribution in [0.1, 0.15) is 17.5 Å². The maximum absolute atomic E-state index is 13.6. The van der Waals surface area contributed by atoms with E-state index in [4.69, 9.17) is 9.15 Å². The number of ether oxygens (including phenoxy) is 1. The molecule has 0 bridgehead atoms. The Bertz CT molecular complexity index is 1200. The summed E-state index contributed by atoms with van der Waals surface area (Å²) >= 11 is 0. The molecule has 0 unspecified atom stereocenters. The zero-order chi connectivity index (χ0) is 21.4. The van der Waals surface area contributed by atoms with E-state index in [0.29, 0.717) is 17.6 Å². The molecule has 0 saturated heterocycles. The molecule has 0 aliphatic heterocycles. The van der Waals surface area contributed by atoms with Gasteiger partial charge in [0.1, 0.15) is 17.0 Å². The van der Waals surface area contributed by atoms with Gasteiger partial charge in [0.25, 0.3) is 5.91 Å². The highest BCUT2D eigenvalue weighted by Gasteiger charge is 2.21. The Kier molecular flexibility index (Phi) is 5.06. The minimum atomic E-state index is -1.69. The number of amides is 1. The summed E-state index contributed by atoms with van der Waals surface area (Å²) in [5.41, 5.74) is 4.04. The lowest BCUT2D eigenvalue weighted by atomic mass is 10.1. The summed E-state index contributed by atoms with van der Waals surface area (Å²) in [5, 5.41) is 0.791. The van der Waals surface area contributed by atoms with Gasteiger partial charge in [0.15, 0.2) is 29.9 Å². The van der Waals surface area contributed by atoms with E-state index in [9.17, 15) is 27.2 Å². The van der Waals surface area contributed by atoms with E-state index in [0.717, 1.165) is 23.8 Å². The fraction of sp³-hybridized carbons (Fsp3) is 0.200. The number of nitrogens with one attached hydrogen (secondary N) is 2. The van der Waals surface area contributed by atoms with Crippen LogP contribution in [0.3, 0.4) is 0 Å². The van der Waals surface area contributed by atoms with Gasteiger partial charge in [-0.2, -0.15) is 0 Å². The largest absolute Gasteiger partial charge is 0.484 e. The number of hydrogen-bond acceptors (Lipinski definition) is 5. The van der Waals surface area contributed by atoms with E-state index >= 15 is 0 Å². The van der Waals surface area contributed by atoms with E-state index in [1.165, 1.54) is 6.07 Å². The lowest BCUT2D eigenvalue weighted by molar-refractivity contribution is -0.122. The van der Waals surface area contributed by atoms with Gasteiger partial charge in [0, 0.05) is 23.1 Å². The zero-order valence-electron chi connectivity index (χ0n) is 15.3. The molecular formula is C20H14F4N2O4. The molecular weight excluding hydrogens is 408 g/mol. The molecule has 0 atom stereocenters. The Balaban J connectivity index is 1.43. The SMILES string of the molecule is O=C(COc1ccc2c3c(c(=O)oc2c1)CCC3)NNc1c(F)c(F)cc(F)c1F. The van der Waals surface area contributed by atoms with Crippen molar-refractivity contribution in [3.05, 3.63) is 69.1 Å². The van der Waals surface area contributed by atoms with Crippen molar-refractivity contribution in [1.82, 2.24) is 5.43 Å². The molecule has 30 heavy (non-hydrogen) atoms. The number of aryl methyl sites for hydroxylation is 1. The number of hydrogen-bond donors (Lipinski definition) is 2. The molecule has 2 N–H and O–H groups in total. The molecule has 3 aromatic rings. The predicted molar refractivity (Wildman–Crippen MR) is 98.0 cm³/mol. The summed E-state index contributed by atoms with van der Waals surface area (Å²) in [5.74, 6) is -7.28. The summed E-state index contributed by atoms with van der Waals surface area (Å²) in [6.45, 7) is -0.589.